The van der Waals surface area contributed by atoms with Crippen LogP contribution in [-0.2, 0) is 26.1 Å². The molecule has 2 aliphatic heterocycles. The minimum absolute atomic E-state index is 0.0762. The number of carbonyl (C=O) groups excluding carboxylic acids is 1. The average molecular weight is 437 g/mol. The Morgan fingerprint density at radius 2 is 1.90 bits per heavy atom. The van der Waals surface area contributed by atoms with E-state index in [9.17, 15) is 4.79 Å². The van der Waals surface area contributed by atoms with Crippen LogP contribution in [0.2, 0.25) is 0 Å². The lowest BCUT2D eigenvalue weighted by molar-refractivity contribution is 0.0737. The lowest BCUT2D eigenvalue weighted by atomic mass is 10.0. The molecule has 1 fully saturated rings. The van der Waals surface area contributed by atoms with Crippen LogP contribution in [0.15, 0.2) is 41.9 Å². The van der Waals surface area contributed by atoms with Gasteiger partial charge in [0.25, 0.3) is 5.91 Å². The summed E-state index contributed by atoms with van der Waals surface area (Å²) >= 11 is 1.69. The van der Waals surface area contributed by atoms with Gasteiger partial charge >= 0.3 is 0 Å². The zero-order chi connectivity index (χ0) is 21.2. The van der Waals surface area contributed by atoms with Crippen LogP contribution in [0.4, 0.5) is 5.69 Å². The zero-order valence-electron chi connectivity index (χ0n) is 17.9. The Bertz CT molecular complexity index is 1020. The third-order valence-corrected chi connectivity index (χ3v) is 7.01. The lowest BCUT2D eigenvalue weighted by Gasteiger charge is -2.36. The van der Waals surface area contributed by atoms with Crippen molar-refractivity contribution < 1.29 is 4.79 Å². The smallest absolute Gasteiger partial charge is 0.274 e. The number of thiazole rings is 1. The number of hydrogen-bond acceptors (Lipinski definition) is 6. The Balaban J connectivity index is 1.31. The molecule has 7 nitrogen and oxygen atoms in total. The van der Waals surface area contributed by atoms with E-state index in [4.69, 9.17) is 5.10 Å². The molecule has 1 aromatic carbocycles. The molecule has 31 heavy (non-hydrogen) atoms. The summed E-state index contributed by atoms with van der Waals surface area (Å²) in [7, 11) is 0. The largest absolute Gasteiger partial charge is 0.368 e. The van der Waals surface area contributed by atoms with Crippen molar-refractivity contribution in [1.29, 1.82) is 0 Å². The maximum Gasteiger partial charge on any atom is 0.274 e. The molecule has 2 aliphatic rings. The highest BCUT2D eigenvalue weighted by atomic mass is 32.1. The third kappa shape index (κ3) is 4.09. The first-order valence-corrected chi connectivity index (χ1v) is 11.9. The molecule has 0 aliphatic carbocycles. The van der Waals surface area contributed by atoms with Crippen molar-refractivity contribution in [3.05, 3.63) is 63.9 Å². The Hall–Kier alpha value is -2.71. The van der Waals surface area contributed by atoms with Gasteiger partial charge in [0.15, 0.2) is 5.69 Å². The minimum atomic E-state index is 0.0762. The highest BCUT2D eigenvalue weighted by Crippen LogP contribution is 2.26. The van der Waals surface area contributed by atoms with E-state index in [1.807, 2.05) is 27.2 Å². The van der Waals surface area contributed by atoms with Crippen molar-refractivity contribution >= 4 is 22.9 Å². The molecule has 1 saturated heterocycles. The molecular weight excluding hydrogens is 408 g/mol. The van der Waals surface area contributed by atoms with Gasteiger partial charge in [-0.1, -0.05) is 18.2 Å². The first-order valence-electron chi connectivity index (χ1n) is 11.0. The van der Waals surface area contributed by atoms with Crippen LogP contribution in [-0.4, -0.2) is 63.2 Å². The fourth-order valence-corrected chi connectivity index (χ4v) is 5.25. The molecule has 2 aromatic heterocycles. The molecule has 0 bridgehead atoms. The standard InChI is InChI=1S/C23H28N6OS/c1-2-29-20-8-10-26(17-21-24-9-15-31-21)16-19(20)22(25-29)23(30)28-13-11-27(12-14-28)18-6-4-3-5-7-18/h3-7,9,15H,2,8,10-14,16-17H2,1H3. The lowest BCUT2D eigenvalue weighted by Crippen LogP contribution is -2.49. The summed E-state index contributed by atoms with van der Waals surface area (Å²) in [6, 6.07) is 10.4. The Labute approximate surface area is 186 Å². The summed E-state index contributed by atoms with van der Waals surface area (Å²) in [6.07, 6.45) is 2.78. The summed E-state index contributed by atoms with van der Waals surface area (Å²) in [5.74, 6) is 0.0762. The van der Waals surface area contributed by atoms with E-state index in [-0.39, 0.29) is 5.91 Å². The van der Waals surface area contributed by atoms with Gasteiger partial charge < -0.3 is 9.80 Å². The minimum Gasteiger partial charge on any atom is -0.368 e. The fourth-order valence-electron chi connectivity index (χ4n) is 4.59. The summed E-state index contributed by atoms with van der Waals surface area (Å²) in [4.78, 5) is 24.6. The average Bonchev–Trinajstić information content (AvgIpc) is 3.47. The van der Waals surface area contributed by atoms with Crippen LogP contribution < -0.4 is 4.90 Å². The second-order valence-electron chi connectivity index (χ2n) is 8.09. The van der Waals surface area contributed by atoms with Gasteiger partial charge in [0.1, 0.15) is 5.01 Å². The van der Waals surface area contributed by atoms with Gasteiger partial charge in [-0.05, 0) is 19.1 Å². The van der Waals surface area contributed by atoms with Crippen LogP contribution in [0.5, 0.6) is 0 Å². The van der Waals surface area contributed by atoms with Crippen molar-refractivity contribution in [3.8, 4) is 0 Å². The molecule has 4 heterocycles. The van der Waals surface area contributed by atoms with E-state index >= 15 is 0 Å². The summed E-state index contributed by atoms with van der Waals surface area (Å²) in [5, 5.41) is 7.91. The fraction of sp³-hybridized carbons (Fsp3) is 0.435. The number of rotatable bonds is 5. The van der Waals surface area contributed by atoms with Crippen LogP contribution >= 0.6 is 11.3 Å². The molecule has 8 heteroatoms. The molecule has 0 N–H and O–H groups in total. The second kappa shape index (κ2) is 8.80. The molecule has 0 radical (unpaired) electrons. The van der Waals surface area contributed by atoms with E-state index in [1.165, 1.54) is 11.4 Å². The van der Waals surface area contributed by atoms with Gasteiger partial charge in [-0.25, -0.2) is 4.98 Å². The van der Waals surface area contributed by atoms with Crippen LogP contribution in [0.3, 0.4) is 0 Å². The van der Waals surface area contributed by atoms with Gasteiger partial charge in [0.2, 0.25) is 0 Å². The molecule has 162 valence electrons. The predicted molar refractivity (Wildman–Crippen MR) is 122 cm³/mol. The normalized spacial score (nSPS) is 17.1. The maximum absolute atomic E-state index is 13.5. The van der Waals surface area contributed by atoms with Gasteiger partial charge in [-0.3, -0.25) is 14.4 Å². The molecule has 0 atom stereocenters. The second-order valence-corrected chi connectivity index (χ2v) is 9.07. The predicted octanol–water partition coefficient (Wildman–Crippen LogP) is 2.88. The van der Waals surface area contributed by atoms with Crippen molar-refractivity contribution in [1.82, 2.24) is 24.6 Å². The topological polar surface area (TPSA) is 57.5 Å². The highest BCUT2D eigenvalue weighted by molar-refractivity contribution is 7.09. The molecule has 0 unspecified atom stereocenters. The van der Waals surface area contributed by atoms with E-state index in [2.05, 4.69) is 46.0 Å². The Morgan fingerprint density at radius 1 is 1.10 bits per heavy atom. The monoisotopic (exact) mass is 436 g/mol. The molecule has 5 rings (SSSR count). The third-order valence-electron chi connectivity index (χ3n) is 6.25. The number of carbonyl (C=O) groups is 1. The number of hydrogen-bond donors (Lipinski definition) is 0. The molecule has 0 saturated carbocycles. The number of anilines is 1. The summed E-state index contributed by atoms with van der Waals surface area (Å²) < 4.78 is 2.03. The number of fused-ring (bicyclic) bond motifs is 1. The Morgan fingerprint density at radius 3 is 2.61 bits per heavy atom. The van der Waals surface area contributed by atoms with Crippen molar-refractivity contribution in [3.63, 3.8) is 0 Å². The maximum atomic E-state index is 13.5. The summed E-state index contributed by atoms with van der Waals surface area (Å²) in [5.41, 5.74) is 4.21. The summed E-state index contributed by atoms with van der Waals surface area (Å²) in [6.45, 7) is 8.62. The molecule has 3 aromatic rings. The van der Waals surface area contributed by atoms with Crippen molar-refractivity contribution in [2.45, 2.75) is 33.0 Å². The van der Waals surface area contributed by atoms with Crippen LogP contribution in [0.25, 0.3) is 0 Å². The van der Waals surface area contributed by atoms with Gasteiger partial charge in [0.05, 0.1) is 6.54 Å². The molecule has 0 spiro atoms. The SMILES string of the molecule is CCn1nc(C(=O)N2CCN(c3ccccc3)CC2)c2c1CCN(Cc1nccs1)C2. The van der Waals surface area contributed by atoms with Crippen molar-refractivity contribution in [2.24, 2.45) is 0 Å². The first kappa shape index (κ1) is 20.2. The van der Waals surface area contributed by atoms with Crippen LogP contribution in [0.1, 0.15) is 33.7 Å². The number of aryl methyl sites for hydroxylation is 1. The van der Waals surface area contributed by atoms with Crippen molar-refractivity contribution in [2.75, 3.05) is 37.6 Å². The van der Waals surface area contributed by atoms with E-state index in [0.717, 1.165) is 69.3 Å². The molecule has 1 amide bonds. The van der Waals surface area contributed by atoms with Crippen LogP contribution in [0, 0.1) is 0 Å². The number of amides is 1. The quantitative estimate of drug-likeness (QED) is 0.616. The van der Waals surface area contributed by atoms with E-state index < -0.39 is 0 Å². The zero-order valence-corrected chi connectivity index (χ0v) is 18.7. The number of aromatic nitrogens is 3. The number of para-hydroxylation sites is 1. The van der Waals surface area contributed by atoms with Gasteiger partial charge in [-0.2, -0.15) is 5.10 Å². The number of benzene rings is 1. The first-order chi connectivity index (χ1) is 15.2. The van der Waals surface area contributed by atoms with Gasteiger partial charge in [-0.15, -0.1) is 11.3 Å². The van der Waals surface area contributed by atoms with Gasteiger partial charge in [0, 0.05) is 80.8 Å². The number of nitrogens with zero attached hydrogens (tertiary/aromatic N) is 6. The highest BCUT2D eigenvalue weighted by Gasteiger charge is 2.31. The van der Waals surface area contributed by atoms with E-state index in [1.54, 1.807) is 11.3 Å². The molecular formula is C23H28N6OS. The number of piperazine rings is 1. The Kier molecular flexibility index (Phi) is 5.74. The van der Waals surface area contributed by atoms with E-state index in [0.29, 0.717) is 5.69 Å².